The maximum atomic E-state index is 10.1. The van der Waals surface area contributed by atoms with Crippen molar-refractivity contribution in [3.05, 3.63) is 27.7 Å². The molecule has 0 saturated carbocycles. The number of halogens is 2. The first kappa shape index (κ1) is 14.5. The van der Waals surface area contributed by atoms with Crippen LogP contribution in [0, 0.1) is 0 Å². The highest BCUT2D eigenvalue weighted by Gasteiger charge is 2.28. The summed E-state index contributed by atoms with van der Waals surface area (Å²) in [6.07, 6.45) is 3.79. The first-order valence-electron chi connectivity index (χ1n) is 7.27. The van der Waals surface area contributed by atoms with Gasteiger partial charge in [0.15, 0.2) is 0 Å². The lowest BCUT2D eigenvalue weighted by atomic mass is 10.1. The third kappa shape index (κ3) is 3.06. The molecule has 0 aromatic heterocycles. The largest absolute Gasteiger partial charge is 0.506 e. The standard InChI is InChI=1S/C15H20Cl2N2O/c16-12-7-11(15(20)14(17)8-12)9-18-4-2-6-19-5-1-3-13(19)10-18/h7-8,13,20H,1-6,9-10H2. The van der Waals surface area contributed by atoms with Crippen molar-refractivity contribution in [1.29, 1.82) is 0 Å². The maximum absolute atomic E-state index is 10.1. The minimum Gasteiger partial charge on any atom is -0.506 e. The highest BCUT2D eigenvalue weighted by Crippen LogP contribution is 2.32. The van der Waals surface area contributed by atoms with Crippen LogP contribution < -0.4 is 0 Å². The summed E-state index contributed by atoms with van der Waals surface area (Å²) >= 11 is 12.0. The van der Waals surface area contributed by atoms with Gasteiger partial charge in [0.05, 0.1) is 5.02 Å². The molecule has 3 nitrogen and oxygen atoms in total. The summed E-state index contributed by atoms with van der Waals surface area (Å²) in [6, 6.07) is 4.08. The molecule has 1 aromatic carbocycles. The lowest BCUT2D eigenvalue weighted by Crippen LogP contribution is -2.36. The van der Waals surface area contributed by atoms with E-state index in [-0.39, 0.29) is 5.75 Å². The Morgan fingerprint density at radius 2 is 1.95 bits per heavy atom. The number of nitrogens with zero attached hydrogens (tertiary/aromatic N) is 2. The van der Waals surface area contributed by atoms with Crippen molar-refractivity contribution in [2.24, 2.45) is 0 Å². The quantitative estimate of drug-likeness (QED) is 0.906. The summed E-state index contributed by atoms with van der Waals surface area (Å²) in [6.45, 7) is 5.30. The van der Waals surface area contributed by atoms with Gasteiger partial charge in [-0.1, -0.05) is 23.2 Å². The Bertz CT molecular complexity index is 495. The molecule has 110 valence electrons. The number of phenolic OH excluding ortho intramolecular Hbond substituents is 1. The third-order valence-electron chi connectivity index (χ3n) is 4.39. The summed E-state index contributed by atoms with van der Waals surface area (Å²) in [5.41, 5.74) is 0.828. The summed E-state index contributed by atoms with van der Waals surface area (Å²) in [5, 5.41) is 11.0. The van der Waals surface area contributed by atoms with Crippen LogP contribution in [0.25, 0.3) is 0 Å². The van der Waals surface area contributed by atoms with Crippen molar-refractivity contribution < 1.29 is 5.11 Å². The van der Waals surface area contributed by atoms with Crippen LogP contribution in [-0.2, 0) is 6.54 Å². The van der Waals surface area contributed by atoms with Gasteiger partial charge in [0, 0.05) is 29.7 Å². The van der Waals surface area contributed by atoms with Gasteiger partial charge in [0.25, 0.3) is 0 Å². The van der Waals surface area contributed by atoms with E-state index in [0.29, 0.717) is 16.1 Å². The van der Waals surface area contributed by atoms with Gasteiger partial charge in [-0.3, -0.25) is 9.80 Å². The third-order valence-corrected chi connectivity index (χ3v) is 4.90. The molecule has 1 N–H and O–H groups in total. The summed E-state index contributed by atoms with van der Waals surface area (Å²) < 4.78 is 0. The van der Waals surface area contributed by atoms with E-state index in [1.807, 2.05) is 6.07 Å². The highest BCUT2D eigenvalue weighted by atomic mass is 35.5. The number of hydrogen-bond acceptors (Lipinski definition) is 3. The molecule has 2 heterocycles. The Kier molecular flexibility index (Phi) is 4.41. The van der Waals surface area contributed by atoms with Crippen LogP contribution >= 0.6 is 23.2 Å². The Morgan fingerprint density at radius 1 is 1.15 bits per heavy atom. The topological polar surface area (TPSA) is 26.7 Å². The van der Waals surface area contributed by atoms with Crippen molar-refractivity contribution in [2.75, 3.05) is 26.2 Å². The van der Waals surface area contributed by atoms with Gasteiger partial charge in [0.1, 0.15) is 5.75 Å². The molecule has 1 atom stereocenters. The molecule has 2 aliphatic heterocycles. The van der Waals surface area contributed by atoms with Crippen LogP contribution in [0.5, 0.6) is 5.75 Å². The molecule has 2 saturated heterocycles. The van der Waals surface area contributed by atoms with Crippen molar-refractivity contribution >= 4 is 23.2 Å². The molecule has 20 heavy (non-hydrogen) atoms. The van der Waals surface area contributed by atoms with E-state index in [9.17, 15) is 5.11 Å². The number of benzene rings is 1. The van der Waals surface area contributed by atoms with E-state index in [4.69, 9.17) is 23.2 Å². The zero-order valence-corrected chi connectivity index (χ0v) is 13.0. The molecule has 2 aliphatic rings. The van der Waals surface area contributed by atoms with E-state index < -0.39 is 0 Å². The maximum Gasteiger partial charge on any atom is 0.138 e. The van der Waals surface area contributed by atoms with Crippen molar-refractivity contribution in [1.82, 2.24) is 9.80 Å². The highest BCUT2D eigenvalue weighted by molar-refractivity contribution is 6.35. The fourth-order valence-corrected chi connectivity index (χ4v) is 3.94. The smallest absolute Gasteiger partial charge is 0.138 e. The van der Waals surface area contributed by atoms with Crippen LogP contribution in [-0.4, -0.2) is 47.1 Å². The normalized spacial score (nSPS) is 24.6. The molecule has 1 aromatic rings. The van der Waals surface area contributed by atoms with E-state index in [1.165, 1.54) is 32.4 Å². The predicted octanol–water partition coefficient (Wildman–Crippen LogP) is 3.37. The second kappa shape index (κ2) is 6.10. The average molecular weight is 315 g/mol. The van der Waals surface area contributed by atoms with Crippen LogP contribution in [0.1, 0.15) is 24.8 Å². The van der Waals surface area contributed by atoms with Gasteiger partial charge in [0.2, 0.25) is 0 Å². The number of aromatic hydroxyl groups is 1. The Hall–Kier alpha value is -0.480. The molecule has 0 bridgehead atoms. The first-order valence-corrected chi connectivity index (χ1v) is 8.02. The fraction of sp³-hybridized carbons (Fsp3) is 0.600. The van der Waals surface area contributed by atoms with E-state index in [0.717, 1.165) is 25.2 Å². The van der Waals surface area contributed by atoms with Gasteiger partial charge < -0.3 is 5.11 Å². The Balaban J connectivity index is 1.74. The number of hydrogen-bond donors (Lipinski definition) is 1. The van der Waals surface area contributed by atoms with Crippen LogP contribution in [0.15, 0.2) is 12.1 Å². The molecule has 0 amide bonds. The number of fused-ring (bicyclic) bond motifs is 1. The second-order valence-corrected chi connectivity index (χ2v) is 6.66. The molecular weight excluding hydrogens is 295 g/mol. The molecule has 3 rings (SSSR count). The minimum atomic E-state index is 0.170. The SMILES string of the molecule is Oc1c(Cl)cc(Cl)cc1CN1CCCN2CCCC2C1. The predicted molar refractivity (Wildman–Crippen MR) is 82.6 cm³/mol. The monoisotopic (exact) mass is 314 g/mol. The van der Waals surface area contributed by atoms with Gasteiger partial charge >= 0.3 is 0 Å². The first-order chi connectivity index (χ1) is 9.63. The minimum absolute atomic E-state index is 0.170. The van der Waals surface area contributed by atoms with E-state index in [2.05, 4.69) is 9.80 Å². The molecule has 0 spiro atoms. The van der Waals surface area contributed by atoms with Crippen molar-refractivity contribution in [2.45, 2.75) is 31.8 Å². The lowest BCUT2D eigenvalue weighted by molar-refractivity contribution is 0.214. The average Bonchev–Trinajstić information content (AvgIpc) is 2.74. The van der Waals surface area contributed by atoms with E-state index >= 15 is 0 Å². The number of rotatable bonds is 2. The van der Waals surface area contributed by atoms with Crippen LogP contribution in [0.3, 0.4) is 0 Å². The summed E-state index contributed by atoms with van der Waals surface area (Å²) in [5.74, 6) is 0.170. The van der Waals surface area contributed by atoms with Gasteiger partial charge in [-0.05, 0) is 51.0 Å². The van der Waals surface area contributed by atoms with E-state index in [1.54, 1.807) is 6.07 Å². The zero-order valence-electron chi connectivity index (χ0n) is 11.5. The summed E-state index contributed by atoms with van der Waals surface area (Å²) in [4.78, 5) is 5.02. The fourth-order valence-electron chi connectivity index (χ4n) is 3.41. The molecule has 0 radical (unpaired) electrons. The molecule has 5 heteroatoms. The number of phenols is 1. The molecule has 2 fully saturated rings. The zero-order chi connectivity index (χ0) is 14.1. The van der Waals surface area contributed by atoms with Crippen LogP contribution in [0.2, 0.25) is 10.0 Å². The van der Waals surface area contributed by atoms with Gasteiger partial charge in [-0.15, -0.1) is 0 Å². The molecular formula is C15H20Cl2N2O. The van der Waals surface area contributed by atoms with Crippen molar-refractivity contribution in [3.63, 3.8) is 0 Å². The summed E-state index contributed by atoms with van der Waals surface area (Å²) in [7, 11) is 0. The molecule has 1 unspecified atom stereocenters. The Morgan fingerprint density at radius 3 is 2.80 bits per heavy atom. The van der Waals surface area contributed by atoms with Gasteiger partial charge in [-0.25, -0.2) is 0 Å². The lowest BCUT2D eigenvalue weighted by Gasteiger charge is -2.26. The van der Waals surface area contributed by atoms with Crippen molar-refractivity contribution in [3.8, 4) is 5.75 Å². The Labute approximate surface area is 130 Å². The van der Waals surface area contributed by atoms with Crippen LogP contribution in [0.4, 0.5) is 0 Å². The second-order valence-electron chi connectivity index (χ2n) is 5.82. The van der Waals surface area contributed by atoms with Gasteiger partial charge in [-0.2, -0.15) is 0 Å². The molecule has 0 aliphatic carbocycles.